The van der Waals surface area contributed by atoms with Gasteiger partial charge in [-0.25, -0.2) is 4.98 Å². The first kappa shape index (κ1) is 25.0. The molecule has 1 aliphatic rings. The van der Waals surface area contributed by atoms with Crippen LogP contribution in [0.2, 0.25) is 10.0 Å². The van der Waals surface area contributed by atoms with E-state index in [0.717, 1.165) is 40.8 Å². The van der Waals surface area contributed by atoms with E-state index in [2.05, 4.69) is 21.3 Å². The van der Waals surface area contributed by atoms with Crippen LogP contribution in [0, 0.1) is 11.3 Å². The zero-order chi connectivity index (χ0) is 23.9. The number of ether oxygens (including phenoxy) is 1. The number of hydrogen-bond donors (Lipinski definition) is 1. The third-order valence-electron chi connectivity index (χ3n) is 5.24. The normalized spacial score (nSPS) is 16.2. The van der Waals surface area contributed by atoms with Gasteiger partial charge in [0.15, 0.2) is 4.34 Å². The average molecular weight is 534 g/mol. The summed E-state index contributed by atoms with van der Waals surface area (Å²) in [5, 5.41) is 15.1. The number of nitrogens with zero attached hydrogens (tertiary/aromatic N) is 3. The summed E-state index contributed by atoms with van der Waals surface area (Å²) in [7, 11) is 0. The van der Waals surface area contributed by atoms with Crippen LogP contribution >= 0.6 is 46.3 Å². The largest absolute Gasteiger partial charge is 0.374 e. The third kappa shape index (κ3) is 6.95. The first-order chi connectivity index (χ1) is 16.5. The zero-order valence-corrected chi connectivity index (χ0v) is 21.3. The fraction of sp³-hybridized carbons (Fsp3) is 0.292. The van der Waals surface area contributed by atoms with Crippen LogP contribution in [0.15, 0.2) is 52.2 Å². The third-order valence-corrected chi connectivity index (χ3v) is 8.00. The summed E-state index contributed by atoms with van der Waals surface area (Å²) in [4.78, 5) is 19.2. The Morgan fingerprint density at radius 2 is 2.18 bits per heavy atom. The Hall–Kier alpha value is -2.12. The lowest BCUT2D eigenvalue weighted by Gasteiger charge is -2.33. The minimum absolute atomic E-state index is 0.0570. The van der Waals surface area contributed by atoms with E-state index in [1.54, 1.807) is 6.07 Å². The minimum atomic E-state index is -0.0654. The number of thioether (sulfide) groups is 1. The maximum absolute atomic E-state index is 12.4. The molecule has 1 aromatic heterocycles. The second kappa shape index (κ2) is 12.0. The van der Waals surface area contributed by atoms with Crippen LogP contribution in [0.3, 0.4) is 0 Å². The molecule has 10 heteroatoms. The molecular weight excluding hydrogens is 511 g/mol. The molecule has 0 aliphatic carbocycles. The van der Waals surface area contributed by atoms with Crippen molar-refractivity contribution < 1.29 is 9.53 Å². The lowest BCUT2D eigenvalue weighted by molar-refractivity contribution is -0.119. The molecule has 1 saturated heterocycles. The van der Waals surface area contributed by atoms with Crippen LogP contribution in [-0.2, 0) is 16.1 Å². The highest BCUT2D eigenvalue weighted by atomic mass is 35.5. The summed E-state index contributed by atoms with van der Waals surface area (Å²) in [6.45, 7) is 3.38. The monoisotopic (exact) mass is 532 g/mol. The zero-order valence-electron chi connectivity index (χ0n) is 18.2. The van der Waals surface area contributed by atoms with E-state index in [0.29, 0.717) is 28.8 Å². The van der Waals surface area contributed by atoms with Gasteiger partial charge in [-0.3, -0.25) is 9.69 Å². The van der Waals surface area contributed by atoms with Crippen LogP contribution in [0.5, 0.6) is 0 Å². The van der Waals surface area contributed by atoms with E-state index in [9.17, 15) is 4.79 Å². The standard InChI is InChI=1S/C24H22Cl2N4O2S2/c25-20-5-4-17(9-21(20)26)12-30-6-7-32-19(13-30)11-28-23(31)15-34-24-29-22(14-33-24)18-3-1-2-16(8-18)10-27/h1-5,8-9,14,19H,6-7,11-13,15H2,(H,28,31)/t19-/m0/s1. The van der Waals surface area contributed by atoms with Gasteiger partial charge in [0.25, 0.3) is 0 Å². The van der Waals surface area contributed by atoms with Gasteiger partial charge in [0.2, 0.25) is 5.91 Å². The average Bonchev–Trinajstić information content (AvgIpc) is 3.33. The molecule has 34 heavy (non-hydrogen) atoms. The molecule has 1 N–H and O–H groups in total. The molecule has 2 aromatic carbocycles. The van der Waals surface area contributed by atoms with Crippen LogP contribution in [0.25, 0.3) is 11.3 Å². The molecule has 176 valence electrons. The van der Waals surface area contributed by atoms with Crippen LogP contribution < -0.4 is 5.32 Å². The quantitative estimate of drug-likeness (QED) is 0.406. The van der Waals surface area contributed by atoms with Gasteiger partial charge in [-0.1, -0.05) is 53.2 Å². The maximum Gasteiger partial charge on any atom is 0.230 e. The summed E-state index contributed by atoms with van der Waals surface area (Å²) in [6, 6.07) is 15.1. The Bertz CT molecular complexity index is 1200. The number of carbonyl (C=O) groups is 1. The van der Waals surface area contributed by atoms with Gasteiger partial charge in [0, 0.05) is 37.1 Å². The Morgan fingerprint density at radius 3 is 3.00 bits per heavy atom. The lowest BCUT2D eigenvalue weighted by atomic mass is 10.1. The number of hydrogen-bond acceptors (Lipinski definition) is 7. The number of aromatic nitrogens is 1. The number of nitrogens with one attached hydrogen (secondary N) is 1. The number of morpholine rings is 1. The summed E-state index contributed by atoms with van der Waals surface area (Å²) >= 11 is 15.0. The molecule has 0 spiro atoms. The fourth-order valence-corrected chi connectivity index (χ4v) is 5.54. The van der Waals surface area contributed by atoms with Gasteiger partial charge >= 0.3 is 0 Å². The van der Waals surface area contributed by atoms with Gasteiger partial charge in [-0.2, -0.15) is 5.26 Å². The van der Waals surface area contributed by atoms with Crippen molar-refractivity contribution in [3.8, 4) is 17.3 Å². The Kier molecular flexibility index (Phi) is 8.84. The molecule has 0 radical (unpaired) electrons. The van der Waals surface area contributed by atoms with Crippen molar-refractivity contribution in [2.75, 3.05) is 32.0 Å². The molecule has 0 bridgehead atoms. The second-order valence-electron chi connectivity index (χ2n) is 7.76. The first-order valence-corrected chi connectivity index (χ1v) is 13.3. The molecule has 2 heterocycles. The van der Waals surface area contributed by atoms with Gasteiger partial charge in [0.1, 0.15) is 0 Å². The molecule has 0 saturated carbocycles. The van der Waals surface area contributed by atoms with Crippen molar-refractivity contribution >= 4 is 52.2 Å². The fourth-order valence-electron chi connectivity index (χ4n) is 3.55. The smallest absolute Gasteiger partial charge is 0.230 e. The van der Waals surface area contributed by atoms with E-state index < -0.39 is 0 Å². The van der Waals surface area contributed by atoms with Crippen molar-refractivity contribution in [2.24, 2.45) is 0 Å². The number of halogens is 2. The Morgan fingerprint density at radius 1 is 1.29 bits per heavy atom. The van der Waals surface area contributed by atoms with E-state index >= 15 is 0 Å². The van der Waals surface area contributed by atoms with E-state index in [1.807, 2.05) is 41.8 Å². The number of benzene rings is 2. The molecular formula is C24H22Cl2N4O2S2. The molecule has 1 amide bonds. The number of nitriles is 1. The summed E-state index contributed by atoms with van der Waals surface area (Å²) in [5.41, 5.74) is 3.39. The van der Waals surface area contributed by atoms with Crippen molar-refractivity contribution in [2.45, 2.75) is 17.0 Å². The van der Waals surface area contributed by atoms with Gasteiger partial charge in [-0.15, -0.1) is 11.3 Å². The Balaban J connectivity index is 1.21. The predicted octanol–water partition coefficient (Wildman–Crippen LogP) is 5.10. The minimum Gasteiger partial charge on any atom is -0.374 e. The molecule has 1 fully saturated rings. The molecule has 6 nitrogen and oxygen atoms in total. The maximum atomic E-state index is 12.4. The highest BCUT2D eigenvalue weighted by Crippen LogP contribution is 2.28. The highest BCUT2D eigenvalue weighted by Gasteiger charge is 2.21. The number of amides is 1. The van der Waals surface area contributed by atoms with Crippen LogP contribution in [0.1, 0.15) is 11.1 Å². The molecule has 0 unspecified atom stereocenters. The summed E-state index contributed by atoms with van der Waals surface area (Å²) in [5.74, 6) is 0.226. The highest BCUT2D eigenvalue weighted by molar-refractivity contribution is 8.01. The van der Waals surface area contributed by atoms with Gasteiger partial charge in [-0.05, 0) is 29.8 Å². The van der Waals surface area contributed by atoms with Crippen LogP contribution in [0.4, 0.5) is 0 Å². The van der Waals surface area contributed by atoms with Gasteiger partial charge in [0.05, 0.1) is 45.8 Å². The lowest BCUT2D eigenvalue weighted by Crippen LogP contribution is -2.47. The van der Waals surface area contributed by atoms with Crippen molar-refractivity contribution in [1.29, 1.82) is 5.26 Å². The Labute approximate surface area is 216 Å². The summed E-state index contributed by atoms with van der Waals surface area (Å²) in [6.07, 6.45) is -0.0654. The van der Waals surface area contributed by atoms with Crippen molar-refractivity contribution in [1.82, 2.24) is 15.2 Å². The predicted molar refractivity (Wildman–Crippen MR) is 137 cm³/mol. The topological polar surface area (TPSA) is 78.2 Å². The molecule has 3 aromatic rings. The van der Waals surface area contributed by atoms with E-state index in [4.69, 9.17) is 33.2 Å². The van der Waals surface area contributed by atoms with Gasteiger partial charge < -0.3 is 10.1 Å². The number of rotatable bonds is 8. The molecule has 1 atom stereocenters. The molecule has 1 aliphatic heterocycles. The van der Waals surface area contributed by atoms with Crippen molar-refractivity contribution in [3.63, 3.8) is 0 Å². The number of thiazole rings is 1. The SMILES string of the molecule is N#Cc1cccc(-c2csc(SCC(=O)NC[C@H]3CN(Cc4ccc(Cl)c(Cl)c4)CCO3)n2)c1. The van der Waals surface area contributed by atoms with Crippen molar-refractivity contribution in [3.05, 3.63) is 69.0 Å². The second-order valence-corrected chi connectivity index (χ2v) is 10.7. The molecule has 4 rings (SSSR count). The summed E-state index contributed by atoms with van der Waals surface area (Å²) < 4.78 is 6.64. The first-order valence-electron chi connectivity index (χ1n) is 10.6. The van der Waals surface area contributed by atoms with E-state index in [-0.39, 0.29) is 17.8 Å². The van der Waals surface area contributed by atoms with E-state index in [1.165, 1.54) is 23.1 Å². The van der Waals surface area contributed by atoms with Crippen LogP contribution in [-0.4, -0.2) is 53.9 Å². The number of carbonyl (C=O) groups excluding carboxylic acids is 1.